The Morgan fingerprint density at radius 2 is 0.774 bits per heavy atom. The van der Waals surface area contributed by atoms with Crippen LogP contribution in [-0.4, -0.2) is 174 Å². The minimum Gasteiger partial charge on any atom is -0.493 e. The van der Waals surface area contributed by atoms with Crippen LogP contribution in [0.3, 0.4) is 0 Å². The number of nitrogens with one attached hydrogen (secondary N) is 6. The number of nitrogens with zero attached hydrogens (tertiary/aromatic N) is 11. The first-order valence-corrected chi connectivity index (χ1v) is 44.9. The first kappa shape index (κ1) is 99.3. The lowest BCUT2D eigenvalue weighted by molar-refractivity contribution is -0.126. The normalized spacial score (nSPS) is 11.2. The zero-order valence-electron chi connectivity index (χ0n) is 73.2. The van der Waals surface area contributed by atoms with Gasteiger partial charge in [-0.05, 0) is 170 Å². The van der Waals surface area contributed by atoms with Gasteiger partial charge in [0.25, 0.3) is 17.6 Å². The SMILES string of the molecule is C=CC(=O)N(C)Cc1ccc(Oc2nc(Nc3ccc(OC)nc3)ncc2F)cc1.C=CC(=O)N(C)Cc1ccc(Oc2nc(Nc3cccc(OCCCS(C)(=O)=O)c3)ncc2F)cc1.C=CC(=O)Nc1cccc(Oc2nc(Nc3ccc(OCCOC)cc3)ncc2C2CC2)c1.C=CC(=O)Nc1cccc(Oc2nc(Nc3cccc(OCCCS(C)(=O)=O)c3)ncc2F)c1. The molecule has 692 valence electrons. The molecule has 6 N–H and O–H groups in total. The van der Waals surface area contributed by atoms with E-state index >= 15 is 0 Å². The highest BCUT2D eigenvalue weighted by Gasteiger charge is 2.29. The summed E-state index contributed by atoms with van der Waals surface area (Å²) in [6, 6.07) is 52.0. The summed E-state index contributed by atoms with van der Waals surface area (Å²) in [6.07, 6.45) is 16.5. The van der Waals surface area contributed by atoms with Gasteiger partial charge in [0.15, 0.2) is 0 Å². The van der Waals surface area contributed by atoms with E-state index in [1.807, 2.05) is 36.5 Å². The molecule has 0 aliphatic heterocycles. The molecule has 12 aromatic rings. The molecule has 39 heteroatoms. The molecule has 7 aromatic carbocycles. The summed E-state index contributed by atoms with van der Waals surface area (Å²) in [5, 5.41) is 17.4. The monoisotopic (exact) mass is 1860 g/mol. The van der Waals surface area contributed by atoms with Crippen LogP contribution >= 0.6 is 0 Å². The fraction of sp³-hybridized carbons (Fsp3) is 0.202. The maximum atomic E-state index is 14.3. The molecule has 4 amide bonds. The lowest BCUT2D eigenvalue weighted by Gasteiger charge is -2.15. The van der Waals surface area contributed by atoms with Crippen molar-refractivity contribution in [3.05, 3.63) is 298 Å². The van der Waals surface area contributed by atoms with E-state index in [9.17, 15) is 49.2 Å². The molecule has 0 atom stereocenters. The van der Waals surface area contributed by atoms with Crippen molar-refractivity contribution in [3.63, 3.8) is 0 Å². The first-order valence-electron chi connectivity index (χ1n) is 40.7. The van der Waals surface area contributed by atoms with Crippen molar-refractivity contribution in [1.29, 1.82) is 0 Å². The smallest absolute Gasteiger partial charge is 0.260 e. The summed E-state index contributed by atoms with van der Waals surface area (Å²) in [7, 11) is 0.427. The molecule has 1 aliphatic carbocycles. The van der Waals surface area contributed by atoms with Crippen LogP contribution in [0.4, 0.5) is 71.1 Å². The van der Waals surface area contributed by atoms with Gasteiger partial charge in [-0.3, -0.25) is 19.2 Å². The minimum atomic E-state index is -3.04. The topological polar surface area (TPSA) is 414 Å². The number of pyridine rings is 1. The summed E-state index contributed by atoms with van der Waals surface area (Å²) < 4.78 is 137. The average Bonchev–Trinajstić information content (AvgIpc) is 1.73. The Balaban J connectivity index is 0.000000184. The van der Waals surface area contributed by atoms with E-state index in [2.05, 4.69) is 103 Å². The number of aromatic nitrogens is 9. The Bertz CT molecular complexity index is 6240. The van der Waals surface area contributed by atoms with Gasteiger partial charge >= 0.3 is 0 Å². The van der Waals surface area contributed by atoms with Crippen LogP contribution in [0, 0.1) is 17.5 Å². The standard InChI is InChI=1S/C25H27FN4O5S.C25H26N4O4.C23H23FN4O5S.C21H20FN5O3/c1-4-23(31)30(2)17-18-9-11-20(12-10-18)35-24-22(26)16-27-25(29-24)28-19-7-5-8-21(15-19)34-13-6-14-36(3,32)33;1-3-23(30)27-19-5-4-6-21(15-19)33-24-22(17-7-8-17)16-26-25(29-24)28-18-9-11-20(12-10-18)32-14-13-31-2;1-3-21(29)26-16-7-5-10-19(14-16)33-22-20(24)15-25-23(28-22)27-17-8-4-9-18(13-17)32-11-6-12-34(2,30)31;1-4-19(28)27(2)13-14-5-8-16(9-6-14)30-20-17(22)12-24-21(26-20)25-15-7-10-18(29-3)23-11-15/h4-5,7-12,15-16H,1,6,13-14,17H2,2-3H3,(H,27,28,29);3-6,9-12,15-17H,1,7-8,13-14H2,2H3,(H,27,30)(H,26,28,29);3-5,7-10,13-15H,1,6,11-12H2,2H3,(H,26,29)(H,25,27,28);4-12H,1,13H2,2-3H3,(H,24,25,26). The van der Waals surface area contributed by atoms with Gasteiger partial charge < -0.3 is 84.3 Å². The minimum absolute atomic E-state index is 0.0423. The maximum absolute atomic E-state index is 14.3. The average molecular weight is 1860 g/mol. The van der Waals surface area contributed by atoms with E-state index in [1.54, 1.807) is 173 Å². The molecule has 1 aliphatic rings. The molecule has 0 saturated heterocycles. The summed E-state index contributed by atoms with van der Waals surface area (Å²) in [5.41, 5.74) is 6.39. The van der Waals surface area contributed by atoms with E-state index in [0.29, 0.717) is 120 Å². The molecule has 0 unspecified atom stereocenters. The summed E-state index contributed by atoms with van der Waals surface area (Å²) >= 11 is 0. The molecular formula is C94H96F3N17O17S2. The number of carbonyl (C=O) groups excluding carboxylic acids is 4. The van der Waals surface area contributed by atoms with Gasteiger partial charge in [-0.15, -0.1) is 0 Å². The molecule has 13 rings (SSSR count). The van der Waals surface area contributed by atoms with Gasteiger partial charge in [0.05, 0.1) is 68.9 Å². The van der Waals surface area contributed by atoms with E-state index in [4.69, 9.17) is 42.6 Å². The summed E-state index contributed by atoms with van der Waals surface area (Å²) in [4.78, 5) is 86.5. The van der Waals surface area contributed by atoms with E-state index in [0.717, 1.165) is 65.6 Å². The largest absolute Gasteiger partial charge is 0.493 e. The van der Waals surface area contributed by atoms with Gasteiger partial charge in [0.2, 0.25) is 76.6 Å². The molecule has 133 heavy (non-hydrogen) atoms. The number of carbonyl (C=O) groups is 4. The number of sulfone groups is 2. The molecule has 0 spiro atoms. The second kappa shape index (κ2) is 49.6. The van der Waals surface area contributed by atoms with Crippen molar-refractivity contribution in [2.24, 2.45) is 0 Å². The Morgan fingerprint density at radius 1 is 0.406 bits per heavy atom. The van der Waals surface area contributed by atoms with Gasteiger partial charge in [0.1, 0.15) is 66.5 Å². The summed E-state index contributed by atoms with van der Waals surface area (Å²) in [5.74, 6) is 1.62. The molecule has 0 bridgehead atoms. The zero-order valence-corrected chi connectivity index (χ0v) is 74.9. The quantitative estimate of drug-likeness (QED) is 0.0153. The Morgan fingerprint density at radius 3 is 1.17 bits per heavy atom. The Kier molecular flexibility index (Phi) is 37.0. The van der Waals surface area contributed by atoms with Crippen LogP contribution < -0.4 is 69.8 Å². The van der Waals surface area contributed by atoms with Gasteiger partial charge in [0, 0.05) is 117 Å². The number of amides is 4. The van der Waals surface area contributed by atoms with Crippen molar-refractivity contribution < 1.29 is 91.8 Å². The van der Waals surface area contributed by atoms with Crippen LogP contribution in [0.2, 0.25) is 0 Å². The highest BCUT2D eigenvalue weighted by Crippen LogP contribution is 2.45. The van der Waals surface area contributed by atoms with Crippen molar-refractivity contribution >= 4 is 101 Å². The maximum Gasteiger partial charge on any atom is 0.260 e. The predicted molar refractivity (Wildman–Crippen MR) is 497 cm³/mol. The zero-order chi connectivity index (χ0) is 95.2. The number of benzene rings is 7. The molecule has 0 radical (unpaired) electrons. The third-order valence-electron chi connectivity index (χ3n) is 18.1. The van der Waals surface area contributed by atoms with Gasteiger partial charge in [-0.2, -0.15) is 33.1 Å². The van der Waals surface area contributed by atoms with Gasteiger partial charge in [-0.1, -0.05) is 74.8 Å². The number of hydrogen-bond donors (Lipinski definition) is 6. The van der Waals surface area contributed by atoms with E-state index in [-0.39, 0.29) is 83.7 Å². The lowest BCUT2D eigenvalue weighted by Crippen LogP contribution is -2.23. The van der Waals surface area contributed by atoms with Crippen LogP contribution in [0.1, 0.15) is 48.3 Å². The number of halogens is 3. The number of rotatable bonds is 42. The molecule has 5 heterocycles. The second-order valence-electron chi connectivity index (χ2n) is 28.9. The van der Waals surface area contributed by atoms with Crippen molar-refractivity contribution in [2.75, 3.05) is 111 Å². The van der Waals surface area contributed by atoms with E-state index < -0.39 is 43.0 Å². The second-order valence-corrected chi connectivity index (χ2v) is 33.4. The Hall–Kier alpha value is -15.9. The molecule has 34 nitrogen and oxygen atoms in total. The Labute approximate surface area is 766 Å². The van der Waals surface area contributed by atoms with E-state index in [1.165, 1.54) is 53.7 Å². The third-order valence-corrected chi connectivity index (χ3v) is 20.1. The van der Waals surface area contributed by atoms with Crippen LogP contribution in [0.15, 0.2) is 264 Å². The van der Waals surface area contributed by atoms with Crippen LogP contribution in [0.25, 0.3) is 0 Å². The number of ether oxygens (including phenoxy) is 9. The van der Waals surface area contributed by atoms with Crippen LogP contribution in [0.5, 0.6) is 69.6 Å². The molecular weight excluding hydrogens is 1760 g/mol. The van der Waals surface area contributed by atoms with Crippen molar-refractivity contribution in [1.82, 2.24) is 54.7 Å². The highest BCUT2D eigenvalue weighted by atomic mass is 32.2. The predicted octanol–water partition coefficient (Wildman–Crippen LogP) is 16.9. The number of anilines is 10. The first-order chi connectivity index (χ1) is 64.0. The van der Waals surface area contributed by atoms with Crippen molar-refractivity contribution in [2.45, 2.75) is 44.7 Å². The number of hydrogen-bond acceptors (Lipinski definition) is 30. The van der Waals surface area contributed by atoms with Crippen LogP contribution in [-0.2, 0) is 56.7 Å². The third kappa shape index (κ3) is 34.2. The fourth-order valence-corrected chi connectivity index (χ4v) is 12.7. The molecule has 1 saturated carbocycles. The number of likely N-dealkylation sites (N-methyl/N-ethyl adjacent to an activating group) is 2. The highest BCUT2D eigenvalue weighted by molar-refractivity contribution is 7.90. The van der Waals surface area contributed by atoms with Gasteiger partial charge in [-0.25, -0.2) is 41.8 Å². The fourth-order valence-electron chi connectivity index (χ4n) is 11.4. The number of methoxy groups -OCH3 is 2. The lowest BCUT2D eigenvalue weighted by atomic mass is 10.2. The van der Waals surface area contributed by atoms with Crippen molar-refractivity contribution in [3.8, 4) is 69.6 Å². The summed E-state index contributed by atoms with van der Waals surface area (Å²) in [6.45, 7) is 16.1. The molecule has 1 fully saturated rings. The molecule has 5 aromatic heterocycles.